The summed E-state index contributed by atoms with van der Waals surface area (Å²) >= 11 is 14.2. The van der Waals surface area contributed by atoms with E-state index in [2.05, 4.69) is 5.43 Å². The number of phenolic OH excluding ortho intramolecular Hbond substituents is 1. The molecule has 2 saturated heterocycles. The number of halogens is 2. The van der Waals surface area contributed by atoms with Gasteiger partial charge < -0.3 is 19.3 Å². The van der Waals surface area contributed by atoms with E-state index in [9.17, 15) is 14.7 Å². The molecule has 2 aliphatic heterocycles. The van der Waals surface area contributed by atoms with Crippen molar-refractivity contribution in [3.63, 3.8) is 0 Å². The Kier molecular flexibility index (Phi) is 9.10. The molecule has 3 fully saturated rings. The monoisotopic (exact) mass is 787 g/mol. The minimum Gasteiger partial charge on any atom is -0.508 e. The van der Waals surface area contributed by atoms with Gasteiger partial charge in [0.2, 0.25) is 11.8 Å². The lowest BCUT2D eigenvalue weighted by Gasteiger charge is -2.51. The van der Waals surface area contributed by atoms with Crippen molar-refractivity contribution in [1.29, 1.82) is 0 Å². The predicted molar refractivity (Wildman–Crippen MR) is 202 cm³/mol. The van der Waals surface area contributed by atoms with Crippen LogP contribution in [0.2, 0.25) is 10.0 Å². The molecule has 54 heavy (non-hydrogen) atoms. The number of hydrogen-bond donors (Lipinski definition) is 2. The molecule has 6 atom stereocenters. The third-order valence-corrected chi connectivity index (χ3v) is 12.8. The first-order chi connectivity index (χ1) is 26.0. The molecule has 3 heterocycles. The largest absolute Gasteiger partial charge is 0.508 e. The second-order valence-electron chi connectivity index (χ2n) is 13.8. The lowest BCUT2D eigenvalue weighted by atomic mass is 9.49. The number of nitrogens with one attached hydrogen (secondary N) is 1. The quantitative estimate of drug-likeness (QED) is 0.136. The van der Waals surface area contributed by atoms with E-state index < -0.39 is 46.8 Å². The fourth-order valence-corrected chi connectivity index (χ4v) is 10.3. The van der Waals surface area contributed by atoms with Gasteiger partial charge in [0.1, 0.15) is 23.0 Å². The molecule has 0 radical (unpaired) electrons. The Bertz CT molecular complexity index is 2200. The molecular weight excluding hydrogens is 753 g/mol. The van der Waals surface area contributed by atoms with Crippen LogP contribution < -0.4 is 19.6 Å². The summed E-state index contributed by atoms with van der Waals surface area (Å²) in [5.74, 6) is -4.92. The number of imide groups is 2. The summed E-state index contributed by atoms with van der Waals surface area (Å²) in [6, 6.07) is 18.3. The molecule has 2 N–H and O–H groups in total. The number of nitrogens with zero attached hydrogens (tertiary/aromatic N) is 2. The number of methoxy groups -OCH3 is 3. The third kappa shape index (κ3) is 5.37. The van der Waals surface area contributed by atoms with Crippen LogP contribution in [0.15, 0.2) is 83.8 Å². The van der Waals surface area contributed by atoms with E-state index in [4.69, 9.17) is 37.4 Å². The summed E-state index contributed by atoms with van der Waals surface area (Å²) in [5.41, 5.74) is 3.25. The fraction of sp³-hybridized carbons (Fsp3) is 0.300. The van der Waals surface area contributed by atoms with Crippen LogP contribution in [0.5, 0.6) is 23.0 Å². The number of anilines is 1. The number of thiophene rings is 1. The lowest BCUT2D eigenvalue weighted by Crippen LogP contribution is -2.53. The van der Waals surface area contributed by atoms with Crippen molar-refractivity contribution in [2.24, 2.45) is 23.7 Å². The standard InChI is InChI=1S/C40H35Cl2N3O8S/c1-51-23-9-6-20(7-10-23)40-28(37(48)45(39(40)50)43-30-13-8-21(41)15-29(30)42)18-27-25(35(40)34-31(52-2)16-22(46)17-32(34)53-3)11-12-26-33(27)38(49)44(36(26)47)19-24-5-4-14-54-24/h4-11,13-17,26-28,33,35,43,46H,12,18-19H2,1-3H3/t26-,27+,28-,33-,35+,40+/m0/s1. The maximum absolute atomic E-state index is 15.6. The molecule has 0 spiro atoms. The van der Waals surface area contributed by atoms with Gasteiger partial charge in [-0.3, -0.25) is 29.5 Å². The molecule has 8 rings (SSSR count). The number of rotatable bonds is 9. The van der Waals surface area contributed by atoms with Gasteiger partial charge >= 0.3 is 0 Å². The second-order valence-corrected chi connectivity index (χ2v) is 15.7. The Morgan fingerprint density at radius 3 is 2.24 bits per heavy atom. The Hall–Kier alpha value is -5.04. The van der Waals surface area contributed by atoms with E-state index in [-0.39, 0.29) is 59.2 Å². The normalized spacial score (nSPS) is 25.9. The number of phenols is 1. The summed E-state index contributed by atoms with van der Waals surface area (Å²) in [5, 5.41) is 14.2. The molecule has 14 heteroatoms. The molecule has 1 saturated carbocycles. The minimum atomic E-state index is -1.65. The Morgan fingerprint density at radius 1 is 0.889 bits per heavy atom. The van der Waals surface area contributed by atoms with Gasteiger partial charge in [-0.1, -0.05) is 53.1 Å². The molecular formula is C40H35Cl2N3O8S. The van der Waals surface area contributed by atoms with E-state index in [0.29, 0.717) is 27.5 Å². The average Bonchev–Trinajstić information content (AvgIpc) is 3.83. The smallest absolute Gasteiger partial charge is 0.260 e. The predicted octanol–water partition coefficient (Wildman–Crippen LogP) is 6.97. The van der Waals surface area contributed by atoms with Crippen molar-refractivity contribution in [3.8, 4) is 23.0 Å². The van der Waals surface area contributed by atoms with E-state index in [1.165, 1.54) is 55.8 Å². The highest BCUT2D eigenvalue weighted by Gasteiger charge is 2.71. The highest BCUT2D eigenvalue weighted by atomic mass is 35.5. The van der Waals surface area contributed by atoms with Crippen LogP contribution in [0.4, 0.5) is 5.69 Å². The maximum atomic E-state index is 15.6. The minimum absolute atomic E-state index is 0.0845. The molecule has 278 valence electrons. The Labute approximate surface area is 325 Å². The number of likely N-dealkylation sites (tertiary alicyclic amines) is 1. The molecule has 4 aromatic rings. The zero-order chi connectivity index (χ0) is 38.1. The van der Waals surface area contributed by atoms with Gasteiger partial charge in [-0.05, 0) is 66.1 Å². The second kappa shape index (κ2) is 13.7. The van der Waals surface area contributed by atoms with Crippen LogP contribution >= 0.6 is 34.5 Å². The number of amides is 4. The highest BCUT2D eigenvalue weighted by molar-refractivity contribution is 7.09. The number of allylic oxidation sites excluding steroid dienone is 2. The van der Waals surface area contributed by atoms with Crippen LogP contribution in [0, 0.1) is 23.7 Å². The number of carbonyl (C=O) groups excluding carboxylic acids is 4. The summed E-state index contributed by atoms with van der Waals surface area (Å²) < 4.78 is 17.3. The van der Waals surface area contributed by atoms with Gasteiger partial charge in [0.25, 0.3) is 11.8 Å². The first-order valence-electron chi connectivity index (χ1n) is 17.3. The summed E-state index contributed by atoms with van der Waals surface area (Å²) in [6.07, 6.45) is 2.28. The van der Waals surface area contributed by atoms with Gasteiger partial charge in [-0.25, -0.2) is 0 Å². The van der Waals surface area contributed by atoms with Crippen molar-refractivity contribution in [1.82, 2.24) is 9.91 Å². The van der Waals surface area contributed by atoms with Crippen molar-refractivity contribution in [2.75, 3.05) is 26.8 Å². The third-order valence-electron chi connectivity index (χ3n) is 11.4. The van der Waals surface area contributed by atoms with Crippen LogP contribution in [0.3, 0.4) is 0 Å². The molecule has 4 aliphatic rings. The fourth-order valence-electron chi connectivity index (χ4n) is 9.15. The lowest BCUT2D eigenvalue weighted by molar-refractivity contribution is -0.141. The van der Waals surface area contributed by atoms with Gasteiger partial charge in [0, 0.05) is 33.5 Å². The van der Waals surface area contributed by atoms with Crippen LogP contribution in [-0.2, 0) is 31.1 Å². The number of hydrazine groups is 1. The Balaban J connectivity index is 1.37. The number of fused-ring (bicyclic) bond motifs is 4. The molecule has 0 bridgehead atoms. The van der Waals surface area contributed by atoms with E-state index in [1.807, 2.05) is 23.6 Å². The van der Waals surface area contributed by atoms with Crippen LogP contribution in [0.1, 0.15) is 34.8 Å². The number of carbonyl (C=O) groups is 4. The van der Waals surface area contributed by atoms with Crippen LogP contribution in [-0.4, -0.2) is 60.0 Å². The van der Waals surface area contributed by atoms with E-state index in [0.717, 1.165) is 9.89 Å². The first-order valence-corrected chi connectivity index (χ1v) is 18.9. The number of aromatic hydroxyl groups is 1. The molecule has 1 aromatic heterocycles. The summed E-state index contributed by atoms with van der Waals surface area (Å²) in [7, 11) is 4.42. The topological polar surface area (TPSA) is 135 Å². The van der Waals surface area contributed by atoms with Gasteiger partial charge in [-0.2, -0.15) is 5.01 Å². The molecule has 3 aromatic carbocycles. The van der Waals surface area contributed by atoms with Crippen molar-refractivity contribution >= 4 is 63.9 Å². The molecule has 0 unspecified atom stereocenters. The molecule has 11 nitrogen and oxygen atoms in total. The van der Waals surface area contributed by atoms with E-state index in [1.54, 1.807) is 36.4 Å². The number of benzene rings is 3. The van der Waals surface area contributed by atoms with Gasteiger partial charge in [0.05, 0.1) is 61.8 Å². The van der Waals surface area contributed by atoms with E-state index >= 15 is 9.59 Å². The maximum Gasteiger partial charge on any atom is 0.260 e. The average molecular weight is 789 g/mol. The zero-order valence-corrected chi connectivity index (χ0v) is 31.7. The summed E-state index contributed by atoms with van der Waals surface area (Å²) in [4.78, 5) is 61.3. The Morgan fingerprint density at radius 2 is 1.61 bits per heavy atom. The summed E-state index contributed by atoms with van der Waals surface area (Å²) in [6.45, 7) is 0.156. The van der Waals surface area contributed by atoms with Gasteiger partial charge in [-0.15, -0.1) is 11.3 Å². The van der Waals surface area contributed by atoms with Crippen molar-refractivity contribution in [3.05, 3.63) is 110 Å². The SMILES string of the molecule is COc1ccc([C@@]23C(=O)N(Nc4ccc(Cl)cc4Cl)C(=O)[C@@H]2C[C@@H]2C(=CC[C@@H]4C(=O)N(Cc5cccs5)C(=O)[C@@H]42)[C@@H]3c2c(OC)cc(O)cc2OC)cc1. The van der Waals surface area contributed by atoms with Crippen molar-refractivity contribution < 1.29 is 38.5 Å². The first kappa shape index (κ1) is 36.0. The molecule has 4 amide bonds. The zero-order valence-electron chi connectivity index (χ0n) is 29.4. The number of hydrogen-bond acceptors (Lipinski definition) is 10. The van der Waals surface area contributed by atoms with Crippen LogP contribution in [0.25, 0.3) is 0 Å². The van der Waals surface area contributed by atoms with Crippen molar-refractivity contribution in [2.45, 2.75) is 30.7 Å². The highest BCUT2D eigenvalue weighted by Crippen LogP contribution is 2.66. The number of ether oxygens (including phenoxy) is 3. The molecule has 2 aliphatic carbocycles. The van der Waals surface area contributed by atoms with Gasteiger partial charge in [0.15, 0.2) is 0 Å².